The summed E-state index contributed by atoms with van der Waals surface area (Å²) in [6.45, 7) is 1.39. The van der Waals surface area contributed by atoms with E-state index in [2.05, 4.69) is 20.5 Å². The van der Waals surface area contributed by atoms with Gasteiger partial charge >= 0.3 is 0 Å². The van der Waals surface area contributed by atoms with E-state index in [0.717, 1.165) is 4.90 Å². The van der Waals surface area contributed by atoms with Crippen LogP contribution in [0.15, 0.2) is 54.7 Å². The lowest BCUT2D eigenvalue weighted by Crippen LogP contribution is -2.29. The highest BCUT2D eigenvalue weighted by Gasteiger charge is 2.40. The Balaban J connectivity index is 1.61. The summed E-state index contributed by atoms with van der Waals surface area (Å²) in [5.41, 5.74) is 2.62. The van der Waals surface area contributed by atoms with E-state index in [1.165, 1.54) is 25.3 Å². The van der Waals surface area contributed by atoms with Gasteiger partial charge in [0, 0.05) is 24.4 Å². The average molecular weight is 415 g/mol. The molecule has 31 heavy (non-hydrogen) atoms. The highest BCUT2D eigenvalue weighted by atomic mass is 19.1. The van der Waals surface area contributed by atoms with Crippen molar-refractivity contribution in [3.63, 3.8) is 0 Å². The lowest BCUT2D eigenvalue weighted by molar-refractivity contribution is -0.114. The molecule has 0 saturated heterocycles. The summed E-state index contributed by atoms with van der Waals surface area (Å²) >= 11 is 0. The third-order valence-electron chi connectivity index (χ3n) is 5.01. The van der Waals surface area contributed by atoms with Crippen LogP contribution in [0.3, 0.4) is 0 Å². The van der Waals surface area contributed by atoms with Gasteiger partial charge in [-0.3, -0.25) is 19.5 Å². The summed E-state index contributed by atoms with van der Waals surface area (Å²) < 4.78 is 13.3. The first-order valence-corrected chi connectivity index (χ1v) is 9.33. The highest BCUT2D eigenvalue weighted by molar-refractivity contribution is 6.38. The molecule has 2 N–H and O–H groups in total. The zero-order valence-electron chi connectivity index (χ0n) is 16.1. The fourth-order valence-electron chi connectivity index (χ4n) is 3.65. The number of amides is 3. The summed E-state index contributed by atoms with van der Waals surface area (Å²) in [6, 6.07) is 12.1. The second-order valence-electron chi connectivity index (χ2n) is 7.02. The molecule has 1 aliphatic heterocycles. The number of H-pyrrole nitrogens is 1. The second-order valence-corrected chi connectivity index (χ2v) is 7.02. The van der Waals surface area contributed by atoms with E-state index >= 15 is 0 Å². The molecule has 3 amide bonds. The number of benzene rings is 2. The van der Waals surface area contributed by atoms with Crippen molar-refractivity contribution < 1.29 is 18.8 Å². The molecule has 1 aliphatic rings. The fourth-order valence-corrected chi connectivity index (χ4v) is 3.65. The van der Waals surface area contributed by atoms with Crippen LogP contribution < -0.4 is 10.2 Å². The molecule has 0 radical (unpaired) electrons. The number of carbonyl (C=O) groups excluding carboxylic acids is 3. The van der Waals surface area contributed by atoms with Crippen molar-refractivity contribution in [2.24, 2.45) is 0 Å². The highest BCUT2D eigenvalue weighted by Crippen LogP contribution is 2.36. The van der Waals surface area contributed by atoms with E-state index in [1.54, 1.807) is 36.4 Å². The number of carbonyl (C=O) groups is 3. The topological polar surface area (TPSA) is 108 Å². The molecule has 0 aliphatic carbocycles. The third kappa shape index (κ3) is 2.94. The minimum absolute atomic E-state index is 0.160. The predicted molar refractivity (Wildman–Crippen MR) is 111 cm³/mol. The van der Waals surface area contributed by atoms with Gasteiger partial charge in [-0.25, -0.2) is 14.3 Å². The molecule has 0 unspecified atom stereocenters. The van der Waals surface area contributed by atoms with E-state index < -0.39 is 17.6 Å². The van der Waals surface area contributed by atoms with Crippen molar-refractivity contribution in [3.05, 3.63) is 71.7 Å². The van der Waals surface area contributed by atoms with Crippen LogP contribution in [-0.4, -0.2) is 32.9 Å². The first-order valence-electron chi connectivity index (χ1n) is 9.33. The van der Waals surface area contributed by atoms with Gasteiger partial charge in [-0.2, -0.15) is 5.10 Å². The SMILES string of the molecule is CC(=O)Nc1ccc(N2C(=O)c3cnc4n[nH]c(-c5ccc(F)cc5)c4c3C2=O)cc1. The van der Waals surface area contributed by atoms with Gasteiger partial charge in [-0.05, 0) is 48.5 Å². The van der Waals surface area contributed by atoms with Crippen molar-refractivity contribution in [2.75, 3.05) is 10.2 Å². The Labute approximate surface area is 174 Å². The first-order chi connectivity index (χ1) is 14.9. The van der Waals surface area contributed by atoms with Gasteiger partial charge < -0.3 is 5.32 Å². The molecule has 2 aromatic heterocycles. The molecule has 0 spiro atoms. The zero-order chi connectivity index (χ0) is 21.7. The van der Waals surface area contributed by atoms with E-state index in [9.17, 15) is 18.8 Å². The Morgan fingerprint density at radius 3 is 2.42 bits per heavy atom. The predicted octanol–water partition coefficient (Wildman–Crippen LogP) is 3.52. The molecule has 9 heteroatoms. The maximum absolute atomic E-state index is 13.3. The number of aromatic nitrogens is 3. The van der Waals surface area contributed by atoms with Gasteiger partial charge in [0.2, 0.25) is 5.91 Å². The summed E-state index contributed by atoms with van der Waals surface area (Å²) in [4.78, 5) is 42.8. The van der Waals surface area contributed by atoms with E-state index in [0.29, 0.717) is 28.0 Å². The number of nitrogens with zero attached hydrogens (tertiary/aromatic N) is 3. The fraction of sp³-hybridized carbons (Fsp3) is 0.0455. The minimum atomic E-state index is -0.510. The van der Waals surface area contributed by atoms with Crippen LogP contribution in [0.4, 0.5) is 15.8 Å². The molecule has 0 bridgehead atoms. The molecule has 3 heterocycles. The molecule has 152 valence electrons. The lowest BCUT2D eigenvalue weighted by Gasteiger charge is -2.14. The maximum Gasteiger partial charge on any atom is 0.267 e. The molecule has 8 nitrogen and oxygen atoms in total. The van der Waals surface area contributed by atoms with Crippen molar-refractivity contribution >= 4 is 40.1 Å². The second kappa shape index (κ2) is 6.84. The maximum atomic E-state index is 13.3. The van der Waals surface area contributed by atoms with Gasteiger partial charge in [-0.15, -0.1) is 0 Å². The minimum Gasteiger partial charge on any atom is -0.326 e. The number of anilines is 2. The van der Waals surface area contributed by atoms with E-state index in [1.807, 2.05) is 0 Å². The Bertz CT molecular complexity index is 1380. The van der Waals surface area contributed by atoms with Crippen molar-refractivity contribution in [2.45, 2.75) is 6.92 Å². The number of nitrogens with one attached hydrogen (secondary N) is 2. The summed E-state index contributed by atoms with van der Waals surface area (Å²) in [5, 5.41) is 10.0. The van der Waals surface area contributed by atoms with E-state index in [4.69, 9.17) is 0 Å². The molecular formula is C22H14FN5O3. The van der Waals surface area contributed by atoms with Crippen molar-refractivity contribution in [1.29, 1.82) is 0 Å². The van der Waals surface area contributed by atoms with Gasteiger partial charge in [0.05, 0.1) is 27.9 Å². The number of hydrogen-bond acceptors (Lipinski definition) is 5. The largest absolute Gasteiger partial charge is 0.326 e. The quantitative estimate of drug-likeness (QED) is 0.498. The number of halogens is 1. The molecule has 0 fully saturated rings. The summed E-state index contributed by atoms with van der Waals surface area (Å²) in [5.74, 6) is -1.64. The number of rotatable bonds is 3. The Morgan fingerprint density at radius 1 is 1.03 bits per heavy atom. The Morgan fingerprint density at radius 2 is 1.74 bits per heavy atom. The van der Waals surface area contributed by atoms with Crippen molar-refractivity contribution in [3.8, 4) is 11.3 Å². The molecular weight excluding hydrogens is 401 g/mol. The average Bonchev–Trinajstić information content (AvgIpc) is 3.28. The van der Waals surface area contributed by atoms with Crippen molar-refractivity contribution in [1.82, 2.24) is 15.2 Å². The van der Waals surface area contributed by atoms with Crippen LogP contribution in [-0.2, 0) is 4.79 Å². The van der Waals surface area contributed by atoms with Crippen LogP contribution in [0, 0.1) is 5.82 Å². The van der Waals surface area contributed by atoms with Crippen LogP contribution >= 0.6 is 0 Å². The Kier molecular flexibility index (Phi) is 4.11. The zero-order valence-corrected chi connectivity index (χ0v) is 16.1. The number of pyridine rings is 1. The molecule has 4 aromatic rings. The first kappa shape index (κ1) is 18.6. The number of fused-ring (bicyclic) bond motifs is 3. The lowest BCUT2D eigenvalue weighted by atomic mass is 10.0. The van der Waals surface area contributed by atoms with Gasteiger partial charge in [-0.1, -0.05) is 0 Å². The van der Waals surface area contributed by atoms with Gasteiger partial charge in [0.1, 0.15) is 5.82 Å². The van der Waals surface area contributed by atoms with Gasteiger partial charge in [0.15, 0.2) is 5.65 Å². The third-order valence-corrected chi connectivity index (χ3v) is 5.01. The molecule has 5 rings (SSSR count). The van der Waals surface area contributed by atoms with Gasteiger partial charge in [0.25, 0.3) is 11.8 Å². The van der Waals surface area contributed by atoms with E-state index in [-0.39, 0.29) is 22.7 Å². The van der Waals surface area contributed by atoms with Crippen LogP contribution in [0.25, 0.3) is 22.3 Å². The smallest absolute Gasteiger partial charge is 0.267 e. The van der Waals surface area contributed by atoms with Crippen LogP contribution in [0.1, 0.15) is 27.6 Å². The Hall–Kier alpha value is -4.40. The monoisotopic (exact) mass is 415 g/mol. The molecule has 0 atom stereocenters. The number of hydrogen-bond donors (Lipinski definition) is 2. The van der Waals surface area contributed by atoms with Crippen LogP contribution in [0.5, 0.6) is 0 Å². The number of imide groups is 1. The molecule has 0 saturated carbocycles. The number of aromatic amines is 1. The standard InChI is InChI=1S/C22H14FN5O3/c1-11(29)25-14-6-8-15(9-7-14)28-21(30)16-10-24-20-18(17(16)22(28)31)19(26-27-20)12-2-4-13(23)5-3-12/h2-10H,1H3,(H,25,29)(H,24,26,27). The summed E-state index contributed by atoms with van der Waals surface area (Å²) in [7, 11) is 0. The van der Waals surface area contributed by atoms with Crippen LogP contribution in [0.2, 0.25) is 0 Å². The summed E-state index contributed by atoms with van der Waals surface area (Å²) in [6.07, 6.45) is 1.33. The normalized spacial score (nSPS) is 13.0. The molecule has 2 aromatic carbocycles.